The summed E-state index contributed by atoms with van der Waals surface area (Å²) in [7, 11) is 0. The van der Waals surface area contributed by atoms with E-state index in [9.17, 15) is 19.4 Å². The first-order valence-corrected chi connectivity index (χ1v) is 12.5. The highest BCUT2D eigenvalue weighted by atomic mass is 19.1. The van der Waals surface area contributed by atoms with Crippen LogP contribution in [0.25, 0.3) is 11.1 Å². The van der Waals surface area contributed by atoms with Gasteiger partial charge in [-0.05, 0) is 80.1 Å². The number of rotatable bonds is 12. The van der Waals surface area contributed by atoms with Crippen LogP contribution in [0.1, 0.15) is 59.5 Å². The number of aliphatic hydroxyl groups is 1. The lowest BCUT2D eigenvalue weighted by molar-refractivity contribution is -0.00420. The summed E-state index contributed by atoms with van der Waals surface area (Å²) in [5, 5.41) is 23.5. The molecule has 6 nitrogen and oxygen atoms in total. The average molecular weight is 509 g/mol. The van der Waals surface area contributed by atoms with E-state index in [0.717, 1.165) is 27.8 Å². The van der Waals surface area contributed by atoms with Crippen molar-refractivity contribution >= 4 is 5.97 Å². The molecule has 0 aliphatic heterocycles. The molecule has 37 heavy (non-hydrogen) atoms. The van der Waals surface area contributed by atoms with Gasteiger partial charge in [0.2, 0.25) is 0 Å². The third kappa shape index (κ3) is 7.69. The van der Waals surface area contributed by atoms with E-state index in [4.69, 9.17) is 10.5 Å². The van der Waals surface area contributed by atoms with Gasteiger partial charge in [-0.15, -0.1) is 0 Å². The van der Waals surface area contributed by atoms with E-state index in [2.05, 4.69) is 5.32 Å². The van der Waals surface area contributed by atoms with Crippen LogP contribution < -0.4 is 11.1 Å². The number of β-amino-alcohol motifs (C(OH)–C–C–N with tert-alkyl or cyclic N) is 1. The molecule has 3 aromatic carbocycles. The second-order valence-corrected chi connectivity index (χ2v) is 10.1. The number of aliphatic hydroxyl groups excluding tert-OH is 1. The summed E-state index contributed by atoms with van der Waals surface area (Å²) in [5.41, 5.74) is 10.1. The number of nitrogens with two attached hydrogens (primary N) is 1. The Labute approximate surface area is 218 Å². The first kappa shape index (κ1) is 28.5. The molecular weight excluding hydrogens is 471 g/mol. The molecule has 2 atom stereocenters. The molecule has 0 aliphatic rings. The molecule has 0 bridgehead atoms. The van der Waals surface area contributed by atoms with Crippen molar-refractivity contribution in [1.29, 1.82) is 0 Å². The molecule has 7 heteroatoms. The third-order valence-electron chi connectivity index (χ3n) is 6.46. The van der Waals surface area contributed by atoms with Gasteiger partial charge in [-0.2, -0.15) is 0 Å². The highest BCUT2D eigenvalue weighted by molar-refractivity contribution is 5.90. The summed E-state index contributed by atoms with van der Waals surface area (Å²) in [6, 6.07) is 18.0. The number of hydrogen-bond acceptors (Lipinski definition) is 5. The van der Waals surface area contributed by atoms with Crippen molar-refractivity contribution in [1.82, 2.24) is 5.32 Å². The number of benzene rings is 3. The smallest absolute Gasteiger partial charge is 0.335 e. The molecule has 0 amide bonds. The zero-order chi connectivity index (χ0) is 27.2. The number of carboxylic acid groups (broad SMARTS) is 1. The van der Waals surface area contributed by atoms with Crippen LogP contribution in [0.15, 0.2) is 60.7 Å². The van der Waals surface area contributed by atoms with Gasteiger partial charge in [0.05, 0.1) is 24.4 Å². The molecule has 3 rings (SSSR count). The molecule has 0 radical (unpaired) electrons. The molecule has 0 saturated heterocycles. The fourth-order valence-electron chi connectivity index (χ4n) is 4.55. The van der Waals surface area contributed by atoms with Crippen molar-refractivity contribution in [2.45, 2.75) is 58.4 Å². The van der Waals surface area contributed by atoms with Crippen molar-refractivity contribution < 1.29 is 24.1 Å². The van der Waals surface area contributed by atoms with E-state index >= 15 is 0 Å². The summed E-state index contributed by atoms with van der Waals surface area (Å²) >= 11 is 0. The van der Waals surface area contributed by atoms with Crippen molar-refractivity contribution in [2.75, 3.05) is 13.2 Å². The molecule has 0 saturated carbocycles. The normalized spacial score (nSPS) is 13.4. The SMILES string of the molecule is Cc1cc(C(=O)O)cc(-c2ccccc2)c1C(C)OC[C@H](O)CNC(C)(C)Cc1ccc(CN)c(F)c1. The van der Waals surface area contributed by atoms with Gasteiger partial charge in [-0.25, -0.2) is 9.18 Å². The Bertz CT molecular complexity index is 1210. The van der Waals surface area contributed by atoms with Gasteiger partial charge in [0.15, 0.2) is 0 Å². The number of halogens is 1. The van der Waals surface area contributed by atoms with Crippen LogP contribution >= 0.6 is 0 Å². The predicted octanol–water partition coefficient (Wildman–Crippen LogP) is 5.01. The molecule has 198 valence electrons. The maximum absolute atomic E-state index is 14.1. The molecule has 1 unspecified atom stereocenters. The molecule has 0 aliphatic carbocycles. The number of nitrogens with one attached hydrogen (secondary N) is 1. The Hall–Kier alpha value is -3.10. The minimum absolute atomic E-state index is 0.0957. The number of carboxylic acids is 1. The standard InChI is InChI=1S/C30H37FN2O4/c1-19-12-24(29(35)36)14-26(22-8-6-5-7-9-22)28(19)20(2)37-18-25(34)17-33-30(3,4)15-21-10-11-23(16-32)27(31)13-21/h5-14,20,25,33-34H,15-18,32H2,1-4H3,(H,35,36)/t20?,25-/m1/s1. The van der Waals surface area contributed by atoms with Gasteiger partial charge >= 0.3 is 5.97 Å². The second-order valence-electron chi connectivity index (χ2n) is 10.1. The Morgan fingerprint density at radius 2 is 1.84 bits per heavy atom. The van der Waals surface area contributed by atoms with Gasteiger partial charge in [0.1, 0.15) is 5.82 Å². The first-order chi connectivity index (χ1) is 17.5. The van der Waals surface area contributed by atoms with E-state index in [1.54, 1.807) is 18.2 Å². The van der Waals surface area contributed by atoms with Gasteiger partial charge in [-0.1, -0.05) is 42.5 Å². The molecule has 3 aromatic rings. The van der Waals surface area contributed by atoms with Gasteiger partial charge < -0.3 is 26.0 Å². The summed E-state index contributed by atoms with van der Waals surface area (Å²) < 4.78 is 20.2. The van der Waals surface area contributed by atoms with E-state index in [0.29, 0.717) is 18.5 Å². The second kappa shape index (κ2) is 12.4. The Morgan fingerprint density at radius 3 is 2.46 bits per heavy atom. The lowest BCUT2D eigenvalue weighted by Gasteiger charge is -2.29. The van der Waals surface area contributed by atoms with Crippen molar-refractivity contribution in [3.05, 3.63) is 94.3 Å². The Kier molecular flexibility index (Phi) is 9.56. The molecular formula is C30H37FN2O4. The molecule has 5 N–H and O–H groups in total. The monoisotopic (exact) mass is 508 g/mol. The minimum Gasteiger partial charge on any atom is -0.478 e. The minimum atomic E-state index is -0.984. The van der Waals surface area contributed by atoms with Gasteiger partial charge in [-0.3, -0.25) is 0 Å². The van der Waals surface area contributed by atoms with Gasteiger partial charge in [0, 0.05) is 24.2 Å². The molecule has 0 aromatic heterocycles. The maximum Gasteiger partial charge on any atom is 0.335 e. The molecule has 0 fully saturated rings. The highest BCUT2D eigenvalue weighted by Crippen LogP contribution is 2.34. The van der Waals surface area contributed by atoms with Crippen LogP contribution in [0.2, 0.25) is 0 Å². The zero-order valence-corrected chi connectivity index (χ0v) is 21.9. The lowest BCUT2D eigenvalue weighted by Crippen LogP contribution is -2.46. The summed E-state index contributed by atoms with van der Waals surface area (Å²) in [6.45, 7) is 8.32. The predicted molar refractivity (Wildman–Crippen MR) is 144 cm³/mol. The first-order valence-electron chi connectivity index (χ1n) is 12.5. The van der Waals surface area contributed by atoms with Crippen molar-refractivity contribution in [2.24, 2.45) is 5.73 Å². The van der Waals surface area contributed by atoms with Crippen LogP contribution in [0.5, 0.6) is 0 Å². The average Bonchev–Trinajstić information content (AvgIpc) is 2.86. The summed E-state index contributed by atoms with van der Waals surface area (Å²) in [6.07, 6.45) is -0.560. The van der Waals surface area contributed by atoms with E-state index < -0.39 is 12.1 Å². The van der Waals surface area contributed by atoms with Crippen LogP contribution in [-0.2, 0) is 17.7 Å². The van der Waals surface area contributed by atoms with E-state index in [-0.39, 0.29) is 36.2 Å². The zero-order valence-electron chi connectivity index (χ0n) is 21.9. The number of carbonyl (C=O) groups is 1. The van der Waals surface area contributed by atoms with E-state index in [1.807, 2.05) is 64.1 Å². The van der Waals surface area contributed by atoms with Crippen LogP contribution in [0, 0.1) is 12.7 Å². The fraction of sp³-hybridized carbons (Fsp3) is 0.367. The third-order valence-corrected chi connectivity index (χ3v) is 6.46. The number of ether oxygens (including phenoxy) is 1. The van der Waals surface area contributed by atoms with Crippen molar-refractivity contribution in [3.63, 3.8) is 0 Å². The Morgan fingerprint density at radius 1 is 1.14 bits per heavy atom. The topological polar surface area (TPSA) is 105 Å². The Balaban J connectivity index is 1.64. The maximum atomic E-state index is 14.1. The highest BCUT2D eigenvalue weighted by Gasteiger charge is 2.22. The summed E-state index contributed by atoms with van der Waals surface area (Å²) in [5.74, 6) is -1.29. The number of hydrogen-bond donors (Lipinski definition) is 4. The van der Waals surface area contributed by atoms with Crippen molar-refractivity contribution in [3.8, 4) is 11.1 Å². The lowest BCUT2D eigenvalue weighted by atomic mass is 9.90. The largest absolute Gasteiger partial charge is 0.478 e. The molecule has 0 spiro atoms. The van der Waals surface area contributed by atoms with E-state index in [1.165, 1.54) is 6.07 Å². The molecule has 0 heterocycles. The number of aryl methyl sites for hydroxylation is 1. The fourth-order valence-corrected chi connectivity index (χ4v) is 4.55. The van der Waals surface area contributed by atoms with Crippen LogP contribution in [0.4, 0.5) is 4.39 Å². The van der Waals surface area contributed by atoms with Crippen LogP contribution in [-0.4, -0.2) is 41.0 Å². The summed E-state index contributed by atoms with van der Waals surface area (Å²) in [4.78, 5) is 11.7. The van der Waals surface area contributed by atoms with Crippen LogP contribution in [0.3, 0.4) is 0 Å². The quantitative estimate of drug-likeness (QED) is 0.274. The van der Waals surface area contributed by atoms with Gasteiger partial charge in [0.25, 0.3) is 0 Å². The number of aromatic carboxylic acids is 1.